The average molecular weight is 355 g/mol. The van der Waals surface area contributed by atoms with Crippen molar-refractivity contribution in [3.8, 4) is 0 Å². The Morgan fingerprint density at radius 1 is 1.12 bits per heavy atom. The lowest BCUT2D eigenvalue weighted by Crippen LogP contribution is -2.16. The van der Waals surface area contributed by atoms with Gasteiger partial charge in [-0.25, -0.2) is 0 Å². The van der Waals surface area contributed by atoms with Crippen molar-refractivity contribution in [2.45, 2.75) is 17.7 Å². The van der Waals surface area contributed by atoms with Crippen LogP contribution >= 0.6 is 11.8 Å². The standard InChI is InChI=1S/C17H16F3NO2S/c1-24-15-5-3-2-4-14(15)21-16(22)13-8-6-12(7-9-13)10-23-11-17(18,19)20/h2-9H,10-11H2,1H3,(H,21,22). The minimum Gasteiger partial charge on any atom is -0.367 e. The molecule has 0 fully saturated rings. The normalized spacial score (nSPS) is 11.3. The van der Waals surface area contributed by atoms with Crippen molar-refractivity contribution in [1.82, 2.24) is 0 Å². The van der Waals surface area contributed by atoms with Gasteiger partial charge in [0.15, 0.2) is 0 Å². The SMILES string of the molecule is CSc1ccccc1NC(=O)c1ccc(COCC(F)(F)F)cc1. The highest BCUT2D eigenvalue weighted by atomic mass is 32.2. The molecule has 7 heteroatoms. The van der Waals surface area contributed by atoms with Crippen molar-refractivity contribution in [2.24, 2.45) is 0 Å². The molecule has 0 heterocycles. The van der Waals surface area contributed by atoms with Crippen molar-refractivity contribution in [1.29, 1.82) is 0 Å². The van der Waals surface area contributed by atoms with Crippen LogP contribution in [0.3, 0.4) is 0 Å². The van der Waals surface area contributed by atoms with E-state index in [0.717, 1.165) is 4.90 Å². The molecule has 128 valence electrons. The first-order valence-electron chi connectivity index (χ1n) is 7.07. The Hall–Kier alpha value is -1.99. The predicted octanol–water partition coefficient (Wildman–Crippen LogP) is 4.74. The number of rotatable bonds is 6. The molecule has 0 aromatic heterocycles. The first-order chi connectivity index (χ1) is 11.4. The molecule has 0 saturated heterocycles. The van der Waals surface area contributed by atoms with E-state index >= 15 is 0 Å². The lowest BCUT2D eigenvalue weighted by Gasteiger charge is -2.10. The molecule has 0 saturated carbocycles. The lowest BCUT2D eigenvalue weighted by molar-refractivity contribution is -0.176. The summed E-state index contributed by atoms with van der Waals surface area (Å²) in [7, 11) is 0. The van der Waals surface area contributed by atoms with Crippen molar-refractivity contribution < 1.29 is 22.7 Å². The summed E-state index contributed by atoms with van der Waals surface area (Å²) in [5.41, 5.74) is 1.71. The van der Waals surface area contributed by atoms with Crippen LogP contribution in [0, 0.1) is 0 Å². The van der Waals surface area contributed by atoms with Crippen LogP contribution in [-0.2, 0) is 11.3 Å². The second kappa shape index (κ2) is 8.21. The molecule has 0 atom stereocenters. The number of hydrogen-bond acceptors (Lipinski definition) is 3. The van der Waals surface area contributed by atoms with Gasteiger partial charge >= 0.3 is 6.18 Å². The summed E-state index contributed by atoms with van der Waals surface area (Å²) in [5.74, 6) is -0.278. The zero-order valence-corrected chi connectivity index (χ0v) is 13.7. The lowest BCUT2D eigenvalue weighted by atomic mass is 10.1. The largest absolute Gasteiger partial charge is 0.411 e. The summed E-state index contributed by atoms with van der Waals surface area (Å²) >= 11 is 1.52. The van der Waals surface area contributed by atoms with Gasteiger partial charge in [0.2, 0.25) is 0 Å². The highest BCUT2D eigenvalue weighted by Gasteiger charge is 2.27. The molecule has 2 rings (SSSR count). The third-order valence-electron chi connectivity index (χ3n) is 3.11. The fraction of sp³-hybridized carbons (Fsp3) is 0.235. The van der Waals surface area contributed by atoms with E-state index in [1.807, 2.05) is 30.5 Å². The smallest absolute Gasteiger partial charge is 0.367 e. The molecular formula is C17H16F3NO2S. The van der Waals surface area contributed by atoms with E-state index in [1.165, 1.54) is 11.8 Å². The zero-order valence-electron chi connectivity index (χ0n) is 12.9. The second-order valence-electron chi connectivity index (χ2n) is 4.96. The number of alkyl halides is 3. The molecule has 0 radical (unpaired) electrons. The van der Waals surface area contributed by atoms with E-state index in [9.17, 15) is 18.0 Å². The molecule has 2 aromatic carbocycles. The maximum Gasteiger partial charge on any atom is 0.411 e. The number of ether oxygens (including phenoxy) is 1. The summed E-state index contributed by atoms with van der Waals surface area (Å²) in [6.45, 7) is -1.45. The van der Waals surface area contributed by atoms with Gasteiger partial charge in [0.05, 0.1) is 12.3 Å². The van der Waals surface area contributed by atoms with Crippen LogP contribution in [0.1, 0.15) is 15.9 Å². The number of nitrogens with one attached hydrogen (secondary N) is 1. The Bertz CT molecular complexity index is 687. The van der Waals surface area contributed by atoms with Crippen LogP contribution in [0.2, 0.25) is 0 Å². The molecule has 0 aliphatic rings. The Balaban J connectivity index is 1.96. The van der Waals surface area contributed by atoms with Gasteiger partial charge in [0.25, 0.3) is 5.91 Å². The van der Waals surface area contributed by atoms with Crippen molar-refractivity contribution >= 4 is 23.4 Å². The third-order valence-corrected chi connectivity index (χ3v) is 3.90. The van der Waals surface area contributed by atoms with Crippen molar-refractivity contribution in [3.05, 3.63) is 59.7 Å². The van der Waals surface area contributed by atoms with E-state index in [0.29, 0.717) is 16.8 Å². The molecular weight excluding hydrogens is 339 g/mol. The van der Waals surface area contributed by atoms with E-state index in [1.54, 1.807) is 24.3 Å². The predicted molar refractivity (Wildman–Crippen MR) is 88.3 cm³/mol. The third kappa shape index (κ3) is 5.58. The van der Waals surface area contributed by atoms with Gasteiger partial charge in [0.1, 0.15) is 6.61 Å². The fourth-order valence-electron chi connectivity index (χ4n) is 1.98. The number of hydrogen-bond donors (Lipinski definition) is 1. The molecule has 3 nitrogen and oxygen atoms in total. The molecule has 1 N–H and O–H groups in total. The van der Waals surface area contributed by atoms with Crippen LogP contribution in [-0.4, -0.2) is 24.9 Å². The summed E-state index contributed by atoms with van der Waals surface area (Å²) < 4.78 is 40.6. The minimum atomic E-state index is -4.34. The maximum atomic E-state index is 12.2. The van der Waals surface area contributed by atoms with E-state index in [4.69, 9.17) is 0 Å². The van der Waals surface area contributed by atoms with Crippen LogP contribution in [0.5, 0.6) is 0 Å². The average Bonchev–Trinajstić information content (AvgIpc) is 2.55. The molecule has 2 aromatic rings. The van der Waals surface area contributed by atoms with Crippen LogP contribution in [0.15, 0.2) is 53.4 Å². The van der Waals surface area contributed by atoms with Crippen molar-refractivity contribution in [2.75, 3.05) is 18.2 Å². The zero-order chi connectivity index (χ0) is 17.6. The van der Waals surface area contributed by atoms with Crippen molar-refractivity contribution in [3.63, 3.8) is 0 Å². The molecule has 0 bridgehead atoms. The highest BCUT2D eigenvalue weighted by Crippen LogP contribution is 2.25. The first-order valence-corrected chi connectivity index (χ1v) is 8.29. The number of carbonyl (C=O) groups is 1. The van der Waals surface area contributed by atoms with E-state index < -0.39 is 12.8 Å². The van der Waals surface area contributed by atoms with E-state index in [-0.39, 0.29) is 12.5 Å². The maximum absolute atomic E-state index is 12.2. The Morgan fingerprint density at radius 2 is 1.79 bits per heavy atom. The van der Waals surface area contributed by atoms with Gasteiger partial charge in [-0.05, 0) is 36.1 Å². The molecule has 0 aliphatic carbocycles. The molecule has 0 aliphatic heterocycles. The van der Waals surface area contributed by atoms with Gasteiger partial charge < -0.3 is 10.1 Å². The quantitative estimate of drug-likeness (QED) is 0.761. The van der Waals surface area contributed by atoms with Gasteiger partial charge in [-0.3, -0.25) is 4.79 Å². The number of para-hydroxylation sites is 1. The number of carbonyl (C=O) groups excluding carboxylic acids is 1. The fourth-order valence-corrected chi connectivity index (χ4v) is 2.53. The Morgan fingerprint density at radius 3 is 2.42 bits per heavy atom. The highest BCUT2D eigenvalue weighted by molar-refractivity contribution is 7.98. The number of halogens is 3. The Labute approximate surface area is 142 Å². The van der Waals surface area contributed by atoms with Gasteiger partial charge in [-0.15, -0.1) is 11.8 Å². The van der Waals surface area contributed by atoms with E-state index in [2.05, 4.69) is 10.1 Å². The van der Waals surface area contributed by atoms with Gasteiger partial charge in [0, 0.05) is 10.5 Å². The van der Waals surface area contributed by atoms with Crippen LogP contribution < -0.4 is 5.32 Å². The minimum absolute atomic E-state index is 0.156. The topological polar surface area (TPSA) is 38.3 Å². The van der Waals surface area contributed by atoms with Gasteiger partial charge in [-0.2, -0.15) is 13.2 Å². The first kappa shape index (κ1) is 18.4. The van der Waals surface area contributed by atoms with Crippen LogP contribution in [0.4, 0.5) is 18.9 Å². The number of benzene rings is 2. The van der Waals surface area contributed by atoms with Gasteiger partial charge in [-0.1, -0.05) is 24.3 Å². The number of anilines is 1. The summed E-state index contributed by atoms with van der Waals surface area (Å²) in [6, 6.07) is 13.7. The van der Waals surface area contributed by atoms with Crippen LogP contribution in [0.25, 0.3) is 0 Å². The molecule has 0 spiro atoms. The summed E-state index contributed by atoms with van der Waals surface area (Å²) in [6.07, 6.45) is -2.43. The monoisotopic (exact) mass is 355 g/mol. The number of amides is 1. The summed E-state index contributed by atoms with van der Waals surface area (Å²) in [5, 5.41) is 2.82. The molecule has 24 heavy (non-hydrogen) atoms. The second-order valence-corrected chi connectivity index (χ2v) is 5.81. The summed E-state index contributed by atoms with van der Waals surface area (Å²) in [4.78, 5) is 13.2. The molecule has 0 unspecified atom stereocenters. The Kier molecular flexibility index (Phi) is 6.28. The number of thioether (sulfide) groups is 1. The molecule has 1 amide bonds.